The number of hydrogen-bond donors (Lipinski definition) is 0. The van der Waals surface area contributed by atoms with Gasteiger partial charge in [-0.05, 0) is 26.0 Å². The van der Waals surface area contributed by atoms with Crippen LogP contribution in [0.15, 0.2) is 24.3 Å². The van der Waals surface area contributed by atoms with Crippen molar-refractivity contribution in [3.63, 3.8) is 0 Å². The van der Waals surface area contributed by atoms with E-state index in [1.54, 1.807) is 7.11 Å². The molecule has 86 valence electrons. The van der Waals surface area contributed by atoms with Crippen LogP contribution in [-0.2, 0) is 4.74 Å². The lowest BCUT2D eigenvalue weighted by atomic mass is 10.1. The highest BCUT2D eigenvalue weighted by Crippen LogP contribution is 2.21. The highest BCUT2D eigenvalue weighted by Gasteiger charge is 2.15. The number of ether oxygens (including phenoxy) is 1. The normalized spacial score (nSPS) is 11.9. The zero-order valence-corrected chi connectivity index (χ0v) is 10.1. The van der Waals surface area contributed by atoms with Crippen molar-refractivity contribution in [1.82, 2.24) is 0 Å². The van der Waals surface area contributed by atoms with Crippen molar-refractivity contribution in [3.05, 3.63) is 29.8 Å². The summed E-state index contributed by atoms with van der Waals surface area (Å²) in [6.45, 7) is 5.71. The number of rotatable bonds is 5. The van der Waals surface area contributed by atoms with Crippen molar-refractivity contribution in [1.29, 1.82) is 5.26 Å². The number of nitrogens with zero attached hydrogens (tertiary/aromatic N) is 2. The van der Waals surface area contributed by atoms with Crippen molar-refractivity contribution in [3.8, 4) is 6.07 Å². The van der Waals surface area contributed by atoms with Gasteiger partial charge in [0, 0.05) is 19.7 Å². The summed E-state index contributed by atoms with van der Waals surface area (Å²) >= 11 is 0. The molecule has 1 aromatic rings. The van der Waals surface area contributed by atoms with Gasteiger partial charge < -0.3 is 9.64 Å². The summed E-state index contributed by atoms with van der Waals surface area (Å²) in [5, 5.41) is 9.07. The van der Waals surface area contributed by atoms with Gasteiger partial charge in [0.25, 0.3) is 0 Å². The summed E-state index contributed by atoms with van der Waals surface area (Å²) in [6.07, 6.45) is 0. The Labute approximate surface area is 97.3 Å². The third kappa shape index (κ3) is 2.74. The number of likely N-dealkylation sites (N-methyl/N-ethyl adjacent to an activating group) is 1. The van der Waals surface area contributed by atoms with Gasteiger partial charge in [0.1, 0.15) is 6.07 Å². The minimum Gasteiger partial charge on any atom is -0.383 e. The minimum atomic E-state index is 0.268. The Morgan fingerprint density at radius 3 is 2.69 bits per heavy atom. The molecule has 0 N–H and O–H groups in total. The fourth-order valence-corrected chi connectivity index (χ4v) is 1.87. The van der Waals surface area contributed by atoms with Crippen LogP contribution in [0.3, 0.4) is 0 Å². The van der Waals surface area contributed by atoms with Crippen molar-refractivity contribution in [2.45, 2.75) is 19.9 Å². The molecule has 0 fully saturated rings. The first kappa shape index (κ1) is 12.5. The third-order valence-electron chi connectivity index (χ3n) is 2.61. The van der Waals surface area contributed by atoms with E-state index in [1.165, 1.54) is 0 Å². The van der Waals surface area contributed by atoms with Crippen molar-refractivity contribution >= 4 is 5.69 Å². The van der Waals surface area contributed by atoms with Gasteiger partial charge in [-0.2, -0.15) is 5.26 Å². The predicted molar refractivity (Wildman–Crippen MR) is 65.5 cm³/mol. The zero-order valence-electron chi connectivity index (χ0n) is 10.1. The first-order chi connectivity index (χ1) is 7.74. The highest BCUT2D eigenvalue weighted by atomic mass is 16.5. The molecule has 0 aliphatic rings. The summed E-state index contributed by atoms with van der Waals surface area (Å²) in [4.78, 5) is 2.18. The Hall–Kier alpha value is -1.53. The van der Waals surface area contributed by atoms with Crippen molar-refractivity contribution in [2.24, 2.45) is 0 Å². The van der Waals surface area contributed by atoms with Gasteiger partial charge in [-0.15, -0.1) is 0 Å². The molecule has 3 nitrogen and oxygen atoms in total. The monoisotopic (exact) mass is 218 g/mol. The number of anilines is 1. The second-order valence-corrected chi connectivity index (χ2v) is 3.72. The summed E-state index contributed by atoms with van der Waals surface area (Å²) in [5.74, 6) is 0. The molecule has 3 heteroatoms. The molecule has 0 radical (unpaired) electrons. The Morgan fingerprint density at radius 2 is 2.12 bits per heavy atom. The van der Waals surface area contributed by atoms with Gasteiger partial charge >= 0.3 is 0 Å². The molecule has 0 aromatic heterocycles. The number of methoxy groups -OCH3 is 1. The number of nitriles is 1. The molecule has 1 aromatic carbocycles. The Morgan fingerprint density at radius 1 is 1.44 bits per heavy atom. The molecule has 0 amide bonds. The molecule has 0 aliphatic carbocycles. The van der Waals surface area contributed by atoms with Crippen LogP contribution in [0.4, 0.5) is 5.69 Å². The predicted octanol–water partition coefficient (Wildman–Crippen LogP) is 2.42. The summed E-state index contributed by atoms with van der Waals surface area (Å²) < 4.78 is 5.16. The molecule has 0 aliphatic heterocycles. The minimum absolute atomic E-state index is 0.268. The van der Waals surface area contributed by atoms with Crippen molar-refractivity contribution in [2.75, 3.05) is 25.2 Å². The smallest absolute Gasteiger partial charge is 0.101 e. The van der Waals surface area contributed by atoms with E-state index in [0.29, 0.717) is 12.2 Å². The van der Waals surface area contributed by atoms with Crippen LogP contribution in [0.2, 0.25) is 0 Å². The van der Waals surface area contributed by atoms with Crippen molar-refractivity contribution < 1.29 is 4.74 Å². The fourth-order valence-electron chi connectivity index (χ4n) is 1.87. The molecule has 1 atom stereocenters. The average Bonchev–Trinajstić information content (AvgIpc) is 2.31. The van der Waals surface area contributed by atoms with Gasteiger partial charge in [0.2, 0.25) is 0 Å². The standard InChI is InChI=1S/C13H18N2O/c1-4-15(11(2)10-16-3)13-8-6-5-7-12(13)9-14/h5-8,11H,4,10H2,1-3H3. The SMILES string of the molecule is CCN(c1ccccc1C#N)C(C)COC. The van der Waals surface area contributed by atoms with Gasteiger partial charge in [-0.3, -0.25) is 0 Å². The van der Waals surface area contributed by atoms with Gasteiger partial charge in [0.15, 0.2) is 0 Å². The first-order valence-corrected chi connectivity index (χ1v) is 5.49. The van der Waals surface area contributed by atoms with Crippen LogP contribution in [0.25, 0.3) is 0 Å². The van der Waals surface area contributed by atoms with Gasteiger partial charge in [-0.1, -0.05) is 12.1 Å². The van der Waals surface area contributed by atoms with E-state index >= 15 is 0 Å². The maximum atomic E-state index is 9.07. The van der Waals surface area contributed by atoms with E-state index in [0.717, 1.165) is 12.2 Å². The van der Waals surface area contributed by atoms with E-state index in [1.807, 2.05) is 24.3 Å². The summed E-state index contributed by atoms with van der Waals surface area (Å²) in [6, 6.07) is 10.2. The van der Waals surface area contributed by atoms with Crippen LogP contribution in [0, 0.1) is 11.3 Å². The lowest BCUT2D eigenvalue weighted by molar-refractivity contribution is 0.182. The largest absolute Gasteiger partial charge is 0.383 e. The molecule has 1 unspecified atom stereocenters. The third-order valence-corrected chi connectivity index (χ3v) is 2.61. The van der Waals surface area contributed by atoms with Crippen LogP contribution >= 0.6 is 0 Å². The van der Waals surface area contributed by atoms with Crippen LogP contribution in [0.5, 0.6) is 0 Å². The summed E-state index contributed by atoms with van der Waals surface area (Å²) in [5.41, 5.74) is 1.70. The quantitative estimate of drug-likeness (QED) is 0.761. The van der Waals surface area contributed by atoms with E-state index < -0.39 is 0 Å². The fraction of sp³-hybridized carbons (Fsp3) is 0.462. The number of benzene rings is 1. The highest BCUT2D eigenvalue weighted by molar-refractivity contribution is 5.59. The molecule has 0 bridgehead atoms. The number of para-hydroxylation sites is 1. The van der Waals surface area contributed by atoms with E-state index in [4.69, 9.17) is 10.00 Å². The lowest BCUT2D eigenvalue weighted by Gasteiger charge is -2.30. The van der Waals surface area contributed by atoms with Crippen LogP contribution < -0.4 is 4.90 Å². The molecule has 0 saturated carbocycles. The van der Waals surface area contributed by atoms with E-state index in [9.17, 15) is 0 Å². The van der Waals surface area contributed by atoms with Gasteiger partial charge in [0.05, 0.1) is 17.9 Å². The first-order valence-electron chi connectivity index (χ1n) is 5.49. The molecule has 1 rings (SSSR count). The second kappa shape index (κ2) is 6.14. The van der Waals surface area contributed by atoms with Gasteiger partial charge in [-0.25, -0.2) is 0 Å². The Kier molecular flexibility index (Phi) is 4.81. The molecular weight excluding hydrogens is 200 g/mol. The van der Waals surface area contributed by atoms with E-state index in [2.05, 4.69) is 24.8 Å². The Balaban J connectivity index is 2.99. The number of hydrogen-bond acceptors (Lipinski definition) is 3. The van der Waals surface area contributed by atoms with Crippen LogP contribution in [0.1, 0.15) is 19.4 Å². The summed E-state index contributed by atoms with van der Waals surface area (Å²) in [7, 11) is 1.69. The molecule has 0 heterocycles. The zero-order chi connectivity index (χ0) is 12.0. The lowest BCUT2D eigenvalue weighted by Crippen LogP contribution is -2.36. The Bertz CT molecular complexity index is 370. The maximum Gasteiger partial charge on any atom is 0.101 e. The van der Waals surface area contributed by atoms with E-state index in [-0.39, 0.29) is 6.04 Å². The molecular formula is C13H18N2O. The topological polar surface area (TPSA) is 36.3 Å². The molecule has 0 spiro atoms. The maximum absolute atomic E-state index is 9.07. The molecule has 0 saturated heterocycles. The van der Waals surface area contributed by atoms with Crippen LogP contribution in [-0.4, -0.2) is 26.3 Å². The average molecular weight is 218 g/mol. The second-order valence-electron chi connectivity index (χ2n) is 3.72. The molecule has 16 heavy (non-hydrogen) atoms.